The van der Waals surface area contributed by atoms with Gasteiger partial charge in [0, 0.05) is 38.8 Å². The Kier molecular flexibility index (Phi) is 4.58. The van der Waals surface area contributed by atoms with Crippen LogP contribution in [0.15, 0.2) is 0 Å². The van der Waals surface area contributed by atoms with Crippen LogP contribution in [-0.2, 0) is 0 Å². The average molecular weight is 228 g/mol. The normalized spacial score (nSPS) is 34.1. The quantitative estimate of drug-likeness (QED) is 0.708. The van der Waals surface area contributed by atoms with Gasteiger partial charge >= 0.3 is 0 Å². The Morgan fingerprint density at radius 2 is 1.69 bits per heavy atom. The molecule has 94 valence electrons. The third kappa shape index (κ3) is 2.94. The highest BCUT2D eigenvalue weighted by Gasteiger charge is 2.30. The van der Waals surface area contributed by atoms with E-state index in [1.165, 1.54) is 12.8 Å². The zero-order valence-electron chi connectivity index (χ0n) is 10.0. The van der Waals surface area contributed by atoms with Crippen LogP contribution in [0.2, 0.25) is 0 Å². The smallest absolute Gasteiger partial charge is 0.0695 e. The molecule has 4 nitrogen and oxygen atoms in total. The fourth-order valence-electron chi connectivity index (χ4n) is 2.98. The Labute approximate surface area is 97.9 Å². The van der Waals surface area contributed by atoms with Crippen molar-refractivity contribution in [3.63, 3.8) is 0 Å². The highest BCUT2D eigenvalue weighted by atomic mass is 16.3. The molecule has 1 heterocycles. The first-order valence-electron chi connectivity index (χ1n) is 6.56. The van der Waals surface area contributed by atoms with Crippen molar-refractivity contribution in [1.29, 1.82) is 0 Å². The molecule has 2 N–H and O–H groups in total. The molecule has 1 saturated carbocycles. The largest absolute Gasteiger partial charge is 0.395 e. The highest BCUT2D eigenvalue weighted by Crippen LogP contribution is 2.24. The number of aliphatic hydroxyl groups is 2. The summed E-state index contributed by atoms with van der Waals surface area (Å²) in [4.78, 5) is 4.74. The van der Waals surface area contributed by atoms with Crippen molar-refractivity contribution in [1.82, 2.24) is 9.80 Å². The molecule has 2 aliphatic rings. The lowest BCUT2D eigenvalue weighted by Gasteiger charge is -2.42. The van der Waals surface area contributed by atoms with Gasteiger partial charge in [0.05, 0.1) is 12.7 Å². The van der Waals surface area contributed by atoms with Gasteiger partial charge in [0.1, 0.15) is 0 Å². The molecule has 2 rings (SSSR count). The molecule has 4 heteroatoms. The van der Waals surface area contributed by atoms with Crippen molar-refractivity contribution in [2.24, 2.45) is 0 Å². The number of hydrogen-bond acceptors (Lipinski definition) is 4. The van der Waals surface area contributed by atoms with E-state index < -0.39 is 0 Å². The van der Waals surface area contributed by atoms with Crippen LogP contribution in [0.3, 0.4) is 0 Å². The van der Waals surface area contributed by atoms with Crippen molar-refractivity contribution in [3.05, 3.63) is 0 Å². The van der Waals surface area contributed by atoms with Gasteiger partial charge in [0.25, 0.3) is 0 Å². The van der Waals surface area contributed by atoms with Gasteiger partial charge in [-0.1, -0.05) is 12.8 Å². The van der Waals surface area contributed by atoms with E-state index in [0.717, 1.165) is 45.6 Å². The van der Waals surface area contributed by atoms with Gasteiger partial charge in [-0.25, -0.2) is 0 Å². The van der Waals surface area contributed by atoms with Crippen LogP contribution in [-0.4, -0.2) is 71.5 Å². The van der Waals surface area contributed by atoms with Crippen molar-refractivity contribution in [2.75, 3.05) is 39.3 Å². The summed E-state index contributed by atoms with van der Waals surface area (Å²) in [5.41, 5.74) is 0. The maximum Gasteiger partial charge on any atom is 0.0695 e. The Balaban J connectivity index is 1.79. The number of piperazine rings is 1. The molecule has 0 aromatic heterocycles. The standard InChI is InChI=1S/C12H24N2O2/c15-10-9-13-5-7-14(8-6-13)11-3-1-2-4-12(11)16/h11-12,15-16H,1-10H2/t11-,12-/m1/s1. The van der Waals surface area contributed by atoms with Crippen LogP contribution >= 0.6 is 0 Å². The molecule has 1 saturated heterocycles. The van der Waals surface area contributed by atoms with Gasteiger partial charge in [-0.2, -0.15) is 0 Å². The van der Waals surface area contributed by atoms with Crippen LogP contribution in [0.5, 0.6) is 0 Å². The van der Waals surface area contributed by atoms with Gasteiger partial charge in [-0.3, -0.25) is 9.80 Å². The molecule has 0 unspecified atom stereocenters. The minimum absolute atomic E-state index is 0.113. The van der Waals surface area contributed by atoms with E-state index in [1.54, 1.807) is 0 Å². The van der Waals surface area contributed by atoms with E-state index in [2.05, 4.69) is 9.80 Å². The first kappa shape index (κ1) is 12.3. The monoisotopic (exact) mass is 228 g/mol. The van der Waals surface area contributed by atoms with Crippen molar-refractivity contribution >= 4 is 0 Å². The molecule has 0 spiro atoms. The van der Waals surface area contributed by atoms with Gasteiger partial charge in [-0.15, -0.1) is 0 Å². The number of β-amino-alcohol motifs (C(OH)–C–C–N with tert-alkyl or cyclic N) is 1. The fraction of sp³-hybridized carbons (Fsp3) is 1.00. The minimum Gasteiger partial charge on any atom is -0.395 e. The van der Waals surface area contributed by atoms with E-state index in [-0.39, 0.29) is 12.7 Å². The molecule has 1 aliphatic carbocycles. The zero-order chi connectivity index (χ0) is 11.4. The minimum atomic E-state index is -0.113. The summed E-state index contributed by atoms with van der Waals surface area (Å²) in [6.45, 7) is 5.20. The van der Waals surface area contributed by atoms with Crippen LogP contribution in [0.4, 0.5) is 0 Å². The Hall–Kier alpha value is -0.160. The lowest BCUT2D eigenvalue weighted by atomic mass is 9.91. The lowest BCUT2D eigenvalue weighted by Crippen LogP contribution is -2.54. The molecule has 0 bridgehead atoms. The van der Waals surface area contributed by atoms with E-state index >= 15 is 0 Å². The Morgan fingerprint density at radius 1 is 1.00 bits per heavy atom. The molecule has 1 aliphatic heterocycles. The van der Waals surface area contributed by atoms with E-state index in [4.69, 9.17) is 5.11 Å². The fourth-order valence-corrected chi connectivity index (χ4v) is 2.98. The number of nitrogens with zero attached hydrogens (tertiary/aromatic N) is 2. The summed E-state index contributed by atoms with van der Waals surface area (Å²) in [7, 11) is 0. The summed E-state index contributed by atoms with van der Waals surface area (Å²) in [5, 5.41) is 18.9. The Bertz CT molecular complexity index is 205. The second-order valence-corrected chi connectivity index (χ2v) is 5.02. The van der Waals surface area contributed by atoms with E-state index in [0.29, 0.717) is 6.04 Å². The summed E-state index contributed by atoms with van der Waals surface area (Å²) in [6, 6.07) is 0.394. The molecule has 2 fully saturated rings. The predicted molar refractivity (Wildman–Crippen MR) is 63.4 cm³/mol. The zero-order valence-corrected chi connectivity index (χ0v) is 10.0. The maximum atomic E-state index is 10.00. The molecule has 16 heavy (non-hydrogen) atoms. The van der Waals surface area contributed by atoms with Crippen molar-refractivity contribution in [2.45, 2.75) is 37.8 Å². The van der Waals surface area contributed by atoms with E-state index in [9.17, 15) is 5.11 Å². The van der Waals surface area contributed by atoms with Gasteiger partial charge in [0.15, 0.2) is 0 Å². The topological polar surface area (TPSA) is 46.9 Å². The van der Waals surface area contributed by atoms with Gasteiger partial charge < -0.3 is 10.2 Å². The van der Waals surface area contributed by atoms with Gasteiger partial charge in [0.2, 0.25) is 0 Å². The number of rotatable bonds is 3. The van der Waals surface area contributed by atoms with Crippen molar-refractivity contribution < 1.29 is 10.2 Å². The Morgan fingerprint density at radius 3 is 2.31 bits per heavy atom. The van der Waals surface area contributed by atoms with Gasteiger partial charge in [-0.05, 0) is 12.8 Å². The first-order valence-corrected chi connectivity index (χ1v) is 6.56. The van der Waals surface area contributed by atoms with Crippen LogP contribution in [0.1, 0.15) is 25.7 Å². The molecular formula is C12H24N2O2. The second kappa shape index (κ2) is 5.96. The molecule has 2 atom stereocenters. The third-order valence-corrected chi connectivity index (χ3v) is 3.99. The third-order valence-electron chi connectivity index (χ3n) is 3.99. The molecular weight excluding hydrogens is 204 g/mol. The number of aliphatic hydroxyl groups excluding tert-OH is 2. The van der Waals surface area contributed by atoms with E-state index in [1.807, 2.05) is 0 Å². The molecule has 0 aromatic carbocycles. The predicted octanol–water partition coefficient (Wildman–Crippen LogP) is -0.100. The van der Waals surface area contributed by atoms with Crippen LogP contribution < -0.4 is 0 Å². The second-order valence-electron chi connectivity index (χ2n) is 5.02. The first-order chi connectivity index (χ1) is 7.81. The van der Waals surface area contributed by atoms with Crippen molar-refractivity contribution in [3.8, 4) is 0 Å². The highest BCUT2D eigenvalue weighted by molar-refractivity contribution is 4.86. The SMILES string of the molecule is OCCN1CCN([C@@H]2CCCC[C@H]2O)CC1. The summed E-state index contributed by atoms with van der Waals surface area (Å²) >= 11 is 0. The molecule has 0 radical (unpaired) electrons. The summed E-state index contributed by atoms with van der Waals surface area (Å²) < 4.78 is 0. The molecule has 0 aromatic rings. The summed E-state index contributed by atoms with van der Waals surface area (Å²) in [5.74, 6) is 0. The summed E-state index contributed by atoms with van der Waals surface area (Å²) in [6.07, 6.45) is 4.46. The lowest BCUT2D eigenvalue weighted by molar-refractivity contribution is -0.00543. The van der Waals surface area contributed by atoms with Crippen LogP contribution in [0.25, 0.3) is 0 Å². The van der Waals surface area contributed by atoms with Crippen LogP contribution in [0, 0.1) is 0 Å². The maximum absolute atomic E-state index is 10.00. The average Bonchev–Trinajstić information content (AvgIpc) is 2.31. The number of hydrogen-bond donors (Lipinski definition) is 2. The molecule has 0 amide bonds.